The smallest absolute Gasteiger partial charge is 0.289 e. The molecule has 0 bridgehead atoms. The molecule has 0 unspecified atom stereocenters. The van der Waals surface area contributed by atoms with E-state index in [1.54, 1.807) is 19.1 Å². The molecule has 0 heterocycles. The van der Waals surface area contributed by atoms with Crippen LogP contribution in [0.15, 0.2) is 53.4 Å². The van der Waals surface area contributed by atoms with Crippen LogP contribution in [0.4, 0.5) is 11.4 Å². The van der Waals surface area contributed by atoms with E-state index in [0.717, 1.165) is 12.1 Å². The summed E-state index contributed by atoms with van der Waals surface area (Å²) in [5, 5.41) is 16.2. The Morgan fingerprint density at radius 1 is 1.03 bits per heavy atom. The lowest BCUT2D eigenvalue weighted by Crippen LogP contribution is -2.34. The van der Waals surface area contributed by atoms with Crippen LogP contribution in [0.2, 0.25) is 0 Å². The first kappa shape index (κ1) is 22.0. The fourth-order valence-electron chi connectivity index (χ4n) is 2.33. The van der Waals surface area contributed by atoms with Crippen molar-refractivity contribution in [3.8, 4) is 0 Å². The number of rotatable bonds is 9. The molecule has 0 saturated heterocycles. The molecule has 10 nitrogen and oxygen atoms in total. The first-order chi connectivity index (χ1) is 13.7. The zero-order chi connectivity index (χ0) is 21.4. The van der Waals surface area contributed by atoms with Crippen molar-refractivity contribution in [1.82, 2.24) is 10.0 Å². The highest BCUT2D eigenvalue weighted by molar-refractivity contribution is 7.89. The summed E-state index contributed by atoms with van der Waals surface area (Å²) in [7, 11) is -4.10. The second kappa shape index (κ2) is 9.75. The van der Waals surface area contributed by atoms with Crippen molar-refractivity contribution in [2.24, 2.45) is 0 Å². The minimum Gasteiger partial charge on any atom is -0.351 e. The Bertz CT molecular complexity index is 1010. The summed E-state index contributed by atoms with van der Waals surface area (Å²) in [4.78, 5) is 33.2. The average Bonchev–Trinajstić information content (AvgIpc) is 2.71. The van der Waals surface area contributed by atoms with Crippen LogP contribution in [0.3, 0.4) is 0 Å². The maximum Gasteiger partial charge on any atom is 0.289 e. The Morgan fingerprint density at radius 2 is 1.69 bits per heavy atom. The number of nitrogens with one attached hydrogen (secondary N) is 3. The molecule has 29 heavy (non-hydrogen) atoms. The van der Waals surface area contributed by atoms with Crippen LogP contribution in [0.1, 0.15) is 23.7 Å². The number of hydrogen-bond donors (Lipinski definition) is 3. The molecule has 2 aromatic carbocycles. The van der Waals surface area contributed by atoms with Gasteiger partial charge in [0.05, 0.1) is 4.92 Å². The highest BCUT2D eigenvalue weighted by atomic mass is 32.2. The van der Waals surface area contributed by atoms with E-state index >= 15 is 0 Å². The Morgan fingerprint density at radius 3 is 2.31 bits per heavy atom. The summed E-state index contributed by atoms with van der Waals surface area (Å²) in [5.41, 5.74) is 0.367. The Hall–Kier alpha value is -3.31. The molecule has 0 aromatic heterocycles. The number of para-hydroxylation sites is 1. The van der Waals surface area contributed by atoms with Crippen molar-refractivity contribution in [3.63, 3.8) is 0 Å². The van der Waals surface area contributed by atoms with Gasteiger partial charge in [0.1, 0.15) is 0 Å². The van der Waals surface area contributed by atoms with E-state index in [9.17, 15) is 28.1 Å². The molecule has 2 rings (SSSR count). The van der Waals surface area contributed by atoms with Gasteiger partial charge in [0.2, 0.25) is 15.9 Å². The van der Waals surface area contributed by atoms with Crippen molar-refractivity contribution in [2.75, 3.05) is 18.4 Å². The van der Waals surface area contributed by atoms with Gasteiger partial charge in [-0.05, 0) is 30.3 Å². The summed E-state index contributed by atoms with van der Waals surface area (Å²) < 4.78 is 26.7. The molecule has 0 atom stereocenters. The van der Waals surface area contributed by atoms with E-state index in [2.05, 4.69) is 15.4 Å². The van der Waals surface area contributed by atoms with Gasteiger partial charge in [-0.2, -0.15) is 0 Å². The van der Waals surface area contributed by atoms with Gasteiger partial charge in [0.25, 0.3) is 11.6 Å². The predicted molar refractivity (Wildman–Crippen MR) is 106 cm³/mol. The monoisotopic (exact) mass is 420 g/mol. The second-order valence-electron chi connectivity index (χ2n) is 5.86. The van der Waals surface area contributed by atoms with Crippen molar-refractivity contribution >= 4 is 33.2 Å². The maximum atomic E-state index is 12.3. The number of nitro groups is 1. The third-order valence-corrected chi connectivity index (χ3v) is 5.31. The normalized spacial score (nSPS) is 10.9. The number of sulfonamides is 1. The fraction of sp³-hybridized carbons (Fsp3) is 0.222. The van der Waals surface area contributed by atoms with Crippen LogP contribution >= 0.6 is 0 Å². The van der Waals surface area contributed by atoms with Gasteiger partial charge >= 0.3 is 0 Å². The van der Waals surface area contributed by atoms with Gasteiger partial charge in [-0.15, -0.1) is 0 Å². The molecule has 0 aliphatic carbocycles. The lowest BCUT2D eigenvalue weighted by molar-refractivity contribution is -0.387. The predicted octanol–water partition coefficient (Wildman–Crippen LogP) is 1.65. The second-order valence-corrected chi connectivity index (χ2v) is 7.59. The van der Waals surface area contributed by atoms with E-state index in [1.807, 2.05) is 0 Å². The first-order valence-corrected chi connectivity index (χ1v) is 10.1. The lowest BCUT2D eigenvalue weighted by atomic mass is 10.2. The number of carbonyl (C=O) groups is 2. The molecular weight excluding hydrogens is 400 g/mol. The topological polar surface area (TPSA) is 148 Å². The number of benzene rings is 2. The minimum absolute atomic E-state index is 0.0208. The summed E-state index contributed by atoms with van der Waals surface area (Å²) >= 11 is 0. The molecule has 2 amide bonds. The van der Waals surface area contributed by atoms with E-state index < -0.39 is 31.4 Å². The molecule has 154 valence electrons. The standard InChI is InChI=1S/C18H20N4O6S/c1-2-17(23)21-14-9-7-13(8-10-14)18(24)19-11-12-20-29(27,28)16-6-4-3-5-15(16)22(25)26/h3-10,20H,2,11-12H2,1H3,(H,19,24)(H,21,23). The quantitative estimate of drug-likeness (QED) is 0.319. The van der Waals surface area contributed by atoms with Crippen molar-refractivity contribution in [3.05, 3.63) is 64.2 Å². The van der Waals surface area contributed by atoms with Crippen LogP contribution in [0, 0.1) is 10.1 Å². The van der Waals surface area contributed by atoms with E-state index in [-0.39, 0.29) is 19.0 Å². The molecule has 0 radical (unpaired) electrons. The van der Waals surface area contributed by atoms with Gasteiger partial charge < -0.3 is 10.6 Å². The molecule has 2 aromatic rings. The third-order valence-electron chi connectivity index (χ3n) is 3.81. The van der Waals surface area contributed by atoms with E-state index in [0.29, 0.717) is 17.7 Å². The Labute approximate surface area is 167 Å². The molecule has 3 N–H and O–H groups in total. The van der Waals surface area contributed by atoms with Crippen LogP contribution in [0.5, 0.6) is 0 Å². The molecule has 0 saturated carbocycles. The number of hydrogen-bond acceptors (Lipinski definition) is 6. The number of nitro benzene ring substituents is 1. The van der Waals surface area contributed by atoms with Crippen LogP contribution in [0.25, 0.3) is 0 Å². The highest BCUT2D eigenvalue weighted by Crippen LogP contribution is 2.22. The summed E-state index contributed by atoms with van der Waals surface area (Å²) in [6.45, 7) is 1.55. The van der Waals surface area contributed by atoms with E-state index in [1.165, 1.54) is 24.3 Å². The maximum absolute atomic E-state index is 12.3. The summed E-state index contributed by atoms with van der Waals surface area (Å²) in [6.07, 6.45) is 0.338. The number of nitrogens with zero attached hydrogens (tertiary/aromatic N) is 1. The van der Waals surface area contributed by atoms with Crippen LogP contribution in [-0.4, -0.2) is 38.2 Å². The zero-order valence-electron chi connectivity index (χ0n) is 15.5. The van der Waals surface area contributed by atoms with Gasteiger partial charge in [0, 0.05) is 36.8 Å². The highest BCUT2D eigenvalue weighted by Gasteiger charge is 2.24. The molecular formula is C18H20N4O6S. The fourth-order valence-corrected chi connectivity index (χ4v) is 3.53. The van der Waals surface area contributed by atoms with Gasteiger partial charge in [-0.1, -0.05) is 19.1 Å². The van der Waals surface area contributed by atoms with E-state index in [4.69, 9.17) is 0 Å². The Balaban J connectivity index is 1.89. The van der Waals surface area contributed by atoms with Crippen LogP contribution in [-0.2, 0) is 14.8 Å². The Kier molecular flexibility index (Phi) is 7.39. The first-order valence-electron chi connectivity index (χ1n) is 8.66. The van der Waals surface area contributed by atoms with Gasteiger partial charge in [-0.3, -0.25) is 19.7 Å². The van der Waals surface area contributed by atoms with Crippen molar-refractivity contribution in [2.45, 2.75) is 18.2 Å². The SMILES string of the molecule is CCC(=O)Nc1ccc(C(=O)NCCNS(=O)(=O)c2ccccc2[N+](=O)[O-])cc1. The van der Waals surface area contributed by atoms with Gasteiger partial charge in [0.15, 0.2) is 4.90 Å². The molecule has 0 spiro atoms. The third kappa shape index (κ3) is 6.09. The van der Waals surface area contributed by atoms with Crippen molar-refractivity contribution < 1.29 is 22.9 Å². The lowest BCUT2D eigenvalue weighted by Gasteiger charge is -2.09. The number of carbonyl (C=O) groups excluding carboxylic acids is 2. The van der Waals surface area contributed by atoms with Gasteiger partial charge in [-0.25, -0.2) is 13.1 Å². The number of anilines is 1. The minimum atomic E-state index is -4.10. The molecule has 0 aliphatic rings. The summed E-state index contributed by atoms with van der Waals surface area (Å²) in [5.74, 6) is -0.573. The average molecular weight is 420 g/mol. The van der Waals surface area contributed by atoms with Crippen LogP contribution < -0.4 is 15.4 Å². The summed E-state index contributed by atoms with van der Waals surface area (Å²) in [6, 6.07) is 11.2. The molecule has 11 heteroatoms. The van der Waals surface area contributed by atoms with Crippen molar-refractivity contribution in [1.29, 1.82) is 0 Å². The molecule has 0 fully saturated rings. The number of amides is 2. The largest absolute Gasteiger partial charge is 0.351 e. The zero-order valence-corrected chi connectivity index (χ0v) is 16.4. The molecule has 0 aliphatic heterocycles.